The maximum atomic E-state index is 6.65. The van der Waals surface area contributed by atoms with Crippen LogP contribution in [0.2, 0.25) is 0 Å². The lowest BCUT2D eigenvalue weighted by Crippen LogP contribution is -2.09. The van der Waals surface area contributed by atoms with Crippen LogP contribution in [0.1, 0.15) is 0 Å². The highest BCUT2D eigenvalue weighted by atomic mass is 16.3. The first-order valence-electron chi connectivity index (χ1n) is 20.5. The van der Waals surface area contributed by atoms with E-state index in [9.17, 15) is 0 Å². The van der Waals surface area contributed by atoms with E-state index in [-0.39, 0.29) is 0 Å². The Hall–Kier alpha value is -7.94. The zero-order chi connectivity index (χ0) is 39.8. The van der Waals surface area contributed by atoms with Gasteiger partial charge in [-0.1, -0.05) is 182 Å². The minimum Gasteiger partial charge on any atom is -0.455 e. The van der Waals surface area contributed by atoms with Crippen LogP contribution < -0.4 is 4.90 Å². The predicted octanol–water partition coefficient (Wildman–Crippen LogP) is 16.5. The van der Waals surface area contributed by atoms with Gasteiger partial charge in [-0.2, -0.15) is 0 Å². The lowest BCUT2D eigenvalue weighted by Gasteiger charge is -2.26. The van der Waals surface area contributed by atoms with Crippen LogP contribution in [-0.2, 0) is 0 Å². The summed E-state index contributed by atoms with van der Waals surface area (Å²) in [6.07, 6.45) is 0. The lowest BCUT2D eigenvalue weighted by molar-refractivity contribution is 0.670. The molecule has 0 radical (unpaired) electrons. The second kappa shape index (κ2) is 15.1. The summed E-state index contributed by atoms with van der Waals surface area (Å²) in [5.41, 5.74) is 16.7. The molecule has 0 bridgehead atoms. The van der Waals surface area contributed by atoms with Gasteiger partial charge in [0.25, 0.3) is 0 Å². The van der Waals surface area contributed by atoms with Crippen LogP contribution in [-0.4, -0.2) is 0 Å². The van der Waals surface area contributed by atoms with E-state index in [0.717, 1.165) is 55.7 Å². The summed E-state index contributed by atoms with van der Waals surface area (Å²) in [7, 11) is 0. The van der Waals surface area contributed by atoms with Gasteiger partial charge in [0.1, 0.15) is 11.2 Å². The summed E-state index contributed by atoms with van der Waals surface area (Å²) in [6.45, 7) is 0. The molecule has 60 heavy (non-hydrogen) atoms. The van der Waals surface area contributed by atoms with E-state index in [1.54, 1.807) is 0 Å². The molecular weight excluding hydrogens is 727 g/mol. The molecule has 1 aromatic heterocycles. The third-order valence-electron chi connectivity index (χ3n) is 11.7. The van der Waals surface area contributed by atoms with Crippen molar-refractivity contribution in [1.82, 2.24) is 0 Å². The Bertz CT molecular complexity index is 3270. The fraction of sp³-hybridized carbons (Fsp3) is 0. The van der Waals surface area contributed by atoms with Gasteiger partial charge in [-0.25, -0.2) is 0 Å². The largest absolute Gasteiger partial charge is 0.455 e. The Balaban J connectivity index is 0.953. The van der Waals surface area contributed by atoms with Crippen LogP contribution in [0.15, 0.2) is 241 Å². The van der Waals surface area contributed by atoms with Crippen LogP contribution in [0.3, 0.4) is 0 Å². The van der Waals surface area contributed by atoms with Crippen molar-refractivity contribution in [3.8, 4) is 55.6 Å². The molecule has 282 valence electrons. The van der Waals surface area contributed by atoms with Gasteiger partial charge in [0.05, 0.1) is 0 Å². The molecule has 0 saturated carbocycles. The number of hydrogen-bond acceptors (Lipinski definition) is 2. The number of hydrogen-bond donors (Lipinski definition) is 0. The Morgan fingerprint density at radius 3 is 1.42 bits per heavy atom. The molecule has 0 unspecified atom stereocenters. The molecule has 0 N–H and O–H groups in total. The molecule has 11 aromatic rings. The number of rotatable bonds is 8. The van der Waals surface area contributed by atoms with Crippen LogP contribution in [0.25, 0.3) is 88.3 Å². The summed E-state index contributed by atoms with van der Waals surface area (Å²) >= 11 is 0. The molecule has 0 aliphatic heterocycles. The Morgan fingerprint density at radius 1 is 0.267 bits per heavy atom. The Kier molecular flexibility index (Phi) is 8.87. The molecule has 0 amide bonds. The van der Waals surface area contributed by atoms with Gasteiger partial charge < -0.3 is 9.32 Å². The van der Waals surface area contributed by atoms with E-state index in [1.165, 1.54) is 49.7 Å². The minimum absolute atomic E-state index is 0.893. The second-order valence-corrected chi connectivity index (χ2v) is 15.3. The highest BCUT2D eigenvalue weighted by Gasteiger charge is 2.17. The minimum atomic E-state index is 0.893. The van der Waals surface area contributed by atoms with E-state index in [0.29, 0.717) is 0 Å². The maximum Gasteiger partial charge on any atom is 0.143 e. The predicted molar refractivity (Wildman–Crippen MR) is 253 cm³/mol. The normalized spacial score (nSPS) is 11.3. The summed E-state index contributed by atoms with van der Waals surface area (Å²) in [6, 6.07) is 84.7. The van der Waals surface area contributed by atoms with Gasteiger partial charge in [-0.3, -0.25) is 0 Å². The molecular formula is C58H39NO. The molecule has 0 aliphatic rings. The van der Waals surface area contributed by atoms with Gasteiger partial charge in [0.2, 0.25) is 0 Å². The standard InChI is InChI=1S/C58H39NO/c1-3-12-40(13-4-1)42-24-31-49(32-25-42)59(50-33-26-43(27-34-50)46-18-9-19-48(38-46)53-21-10-17-44-16-7-8-20-52(44)53)51-35-28-45(29-36-51)54-22-11-23-56-55-37-30-47(39-57(55)60-58(54)56)41-14-5-2-6-15-41/h1-39H. The molecule has 1 heterocycles. The molecule has 11 rings (SSSR count). The Labute approximate surface area is 349 Å². The molecule has 0 atom stereocenters. The monoisotopic (exact) mass is 765 g/mol. The van der Waals surface area contributed by atoms with Crippen molar-refractivity contribution in [3.05, 3.63) is 237 Å². The van der Waals surface area contributed by atoms with E-state index < -0.39 is 0 Å². The quantitative estimate of drug-likeness (QED) is 0.153. The highest BCUT2D eigenvalue weighted by molar-refractivity contribution is 6.10. The summed E-state index contributed by atoms with van der Waals surface area (Å²) in [5.74, 6) is 0. The molecule has 0 fully saturated rings. The van der Waals surface area contributed by atoms with E-state index >= 15 is 0 Å². The van der Waals surface area contributed by atoms with Gasteiger partial charge in [-0.05, 0) is 115 Å². The zero-order valence-electron chi connectivity index (χ0n) is 32.9. The van der Waals surface area contributed by atoms with E-state index in [4.69, 9.17) is 4.42 Å². The average molecular weight is 766 g/mol. The van der Waals surface area contributed by atoms with Crippen molar-refractivity contribution in [2.45, 2.75) is 0 Å². The Morgan fingerprint density at radius 2 is 0.717 bits per heavy atom. The van der Waals surface area contributed by atoms with Crippen molar-refractivity contribution in [1.29, 1.82) is 0 Å². The second-order valence-electron chi connectivity index (χ2n) is 15.3. The summed E-state index contributed by atoms with van der Waals surface area (Å²) in [4.78, 5) is 2.34. The highest BCUT2D eigenvalue weighted by Crippen LogP contribution is 2.41. The van der Waals surface area contributed by atoms with Crippen molar-refractivity contribution in [3.63, 3.8) is 0 Å². The van der Waals surface area contributed by atoms with E-state index in [2.05, 4.69) is 235 Å². The SMILES string of the molecule is c1ccc(-c2ccc(N(c3ccc(-c4cccc(-c5cccc6ccccc56)c4)cc3)c3ccc(-c4cccc5c4oc4cc(-c6ccccc6)ccc45)cc3)cc2)cc1. The van der Waals surface area contributed by atoms with Crippen molar-refractivity contribution < 1.29 is 4.42 Å². The van der Waals surface area contributed by atoms with Gasteiger partial charge in [-0.15, -0.1) is 0 Å². The van der Waals surface area contributed by atoms with E-state index in [1.807, 2.05) is 6.07 Å². The maximum absolute atomic E-state index is 6.65. The average Bonchev–Trinajstić information content (AvgIpc) is 3.71. The molecule has 0 spiro atoms. The van der Waals surface area contributed by atoms with Crippen LogP contribution in [0, 0.1) is 0 Å². The molecule has 2 heteroatoms. The van der Waals surface area contributed by atoms with Crippen molar-refractivity contribution in [2.24, 2.45) is 0 Å². The smallest absolute Gasteiger partial charge is 0.143 e. The fourth-order valence-corrected chi connectivity index (χ4v) is 8.65. The zero-order valence-corrected chi connectivity index (χ0v) is 32.9. The van der Waals surface area contributed by atoms with Gasteiger partial charge in [0, 0.05) is 33.4 Å². The fourth-order valence-electron chi connectivity index (χ4n) is 8.65. The van der Waals surface area contributed by atoms with Crippen LogP contribution in [0.5, 0.6) is 0 Å². The molecule has 2 nitrogen and oxygen atoms in total. The number of anilines is 3. The first-order valence-corrected chi connectivity index (χ1v) is 20.5. The number of fused-ring (bicyclic) bond motifs is 4. The number of nitrogens with zero attached hydrogens (tertiary/aromatic N) is 1. The first-order chi connectivity index (χ1) is 29.7. The third-order valence-corrected chi connectivity index (χ3v) is 11.7. The molecule has 0 aliphatic carbocycles. The molecule has 0 saturated heterocycles. The van der Waals surface area contributed by atoms with Crippen molar-refractivity contribution >= 4 is 49.8 Å². The summed E-state index contributed by atoms with van der Waals surface area (Å²) < 4.78 is 6.65. The number of para-hydroxylation sites is 1. The van der Waals surface area contributed by atoms with Crippen LogP contribution >= 0.6 is 0 Å². The third kappa shape index (κ3) is 6.51. The number of benzene rings is 10. The first kappa shape index (κ1) is 35.2. The van der Waals surface area contributed by atoms with Crippen molar-refractivity contribution in [2.75, 3.05) is 4.90 Å². The van der Waals surface area contributed by atoms with Gasteiger partial charge in [0.15, 0.2) is 0 Å². The topological polar surface area (TPSA) is 16.4 Å². The lowest BCUT2D eigenvalue weighted by atomic mass is 9.95. The van der Waals surface area contributed by atoms with Crippen LogP contribution in [0.4, 0.5) is 17.1 Å². The number of furan rings is 1. The van der Waals surface area contributed by atoms with Gasteiger partial charge >= 0.3 is 0 Å². The summed E-state index contributed by atoms with van der Waals surface area (Å²) in [5, 5.41) is 4.75. The molecule has 10 aromatic carbocycles.